The monoisotopic (exact) mass is 338 g/mol. The molecule has 132 valence electrons. The van der Waals surface area contributed by atoms with E-state index in [1.54, 1.807) is 11.0 Å². The van der Waals surface area contributed by atoms with E-state index in [-0.39, 0.29) is 5.91 Å². The van der Waals surface area contributed by atoms with Crippen molar-refractivity contribution < 1.29 is 4.79 Å². The number of hydrogen-bond donors (Lipinski definition) is 0. The second-order valence-electron chi connectivity index (χ2n) is 7.64. The molecule has 0 unspecified atom stereocenters. The molecule has 1 aromatic carbocycles. The van der Waals surface area contributed by atoms with Crippen LogP contribution in [0.1, 0.15) is 60.9 Å². The van der Waals surface area contributed by atoms with Crippen molar-refractivity contribution in [2.45, 2.75) is 51.5 Å². The summed E-state index contributed by atoms with van der Waals surface area (Å²) in [6.45, 7) is 2.51. The molecule has 1 aromatic heterocycles. The van der Waals surface area contributed by atoms with Gasteiger partial charge in [-0.15, -0.1) is 0 Å². The Hall–Kier alpha value is -2.17. The highest BCUT2D eigenvalue weighted by Crippen LogP contribution is 2.44. The normalized spacial score (nSPS) is 19.9. The highest BCUT2D eigenvalue weighted by Gasteiger charge is 2.36. The van der Waals surface area contributed by atoms with E-state index >= 15 is 0 Å². The lowest BCUT2D eigenvalue weighted by molar-refractivity contribution is 0.0472. The molecule has 1 aliphatic heterocycles. The van der Waals surface area contributed by atoms with Crippen LogP contribution < -0.4 is 0 Å². The summed E-state index contributed by atoms with van der Waals surface area (Å²) in [6.07, 6.45) is 12.5. The average Bonchev–Trinajstić information content (AvgIpc) is 3.16. The van der Waals surface area contributed by atoms with Gasteiger partial charge in [0.2, 0.25) is 0 Å². The van der Waals surface area contributed by atoms with Crippen LogP contribution in [0.25, 0.3) is 0 Å². The number of carbonyl (C=O) groups is 1. The molecule has 2 fully saturated rings. The summed E-state index contributed by atoms with van der Waals surface area (Å²) in [5.74, 6) is 0.179. The van der Waals surface area contributed by atoms with E-state index in [9.17, 15) is 4.79 Å². The van der Waals surface area contributed by atoms with Gasteiger partial charge >= 0.3 is 0 Å². The molecule has 1 aliphatic carbocycles. The van der Waals surface area contributed by atoms with Crippen LogP contribution in [0.5, 0.6) is 0 Å². The number of hydrogen-bond acceptors (Lipinski definition) is 3. The molecule has 2 aliphatic rings. The van der Waals surface area contributed by atoms with Crippen LogP contribution in [-0.2, 0) is 6.54 Å². The van der Waals surface area contributed by atoms with Crippen molar-refractivity contribution in [1.82, 2.24) is 19.7 Å². The van der Waals surface area contributed by atoms with Crippen molar-refractivity contribution in [2.24, 2.45) is 5.41 Å². The number of carbonyl (C=O) groups excluding carboxylic acids is 1. The zero-order chi connectivity index (χ0) is 17.1. The summed E-state index contributed by atoms with van der Waals surface area (Å²) >= 11 is 0. The van der Waals surface area contributed by atoms with Gasteiger partial charge < -0.3 is 4.90 Å². The number of benzene rings is 1. The zero-order valence-electron chi connectivity index (χ0n) is 14.7. The van der Waals surface area contributed by atoms with Crippen LogP contribution in [0, 0.1) is 5.41 Å². The van der Waals surface area contributed by atoms with Crippen molar-refractivity contribution in [2.75, 3.05) is 13.1 Å². The molecule has 2 heterocycles. The molecule has 2 aromatic rings. The minimum absolute atomic E-state index is 0.179. The van der Waals surface area contributed by atoms with E-state index in [0.29, 0.717) is 12.0 Å². The van der Waals surface area contributed by atoms with Gasteiger partial charge in [-0.2, -0.15) is 5.10 Å². The number of rotatable bonds is 3. The third-order valence-corrected chi connectivity index (χ3v) is 6.04. The minimum Gasteiger partial charge on any atom is -0.339 e. The largest absolute Gasteiger partial charge is 0.339 e. The van der Waals surface area contributed by atoms with E-state index in [4.69, 9.17) is 0 Å². The van der Waals surface area contributed by atoms with E-state index in [0.717, 1.165) is 24.2 Å². The Morgan fingerprint density at radius 1 is 1.00 bits per heavy atom. The fourth-order valence-corrected chi connectivity index (χ4v) is 4.42. The van der Waals surface area contributed by atoms with Gasteiger partial charge in [0.15, 0.2) is 0 Å². The Kier molecular flexibility index (Phi) is 4.55. The SMILES string of the molecule is O=C(c1ccc(Cn2cncn2)cc1)N1CCC2(CCCCC2)CC1. The maximum atomic E-state index is 12.8. The first kappa shape index (κ1) is 16.3. The lowest BCUT2D eigenvalue weighted by Crippen LogP contribution is -2.43. The van der Waals surface area contributed by atoms with Gasteiger partial charge in [-0.05, 0) is 48.8 Å². The molecule has 0 N–H and O–H groups in total. The van der Waals surface area contributed by atoms with Gasteiger partial charge in [0.05, 0.1) is 6.54 Å². The molecule has 5 nitrogen and oxygen atoms in total. The molecular weight excluding hydrogens is 312 g/mol. The summed E-state index contributed by atoms with van der Waals surface area (Å²) < 4.78 is 1.78. The fourth-order valence-electron chi connectivity index (χ4n) is 4.42. The molecule has 1 amide bonds. The predicted octanol–water partition coefficient (Wildman–Crippen LogP) is 3.51. The number of piperidine rings is 1. The van der Waals surface area contributed by atoms with Crippen molar-refractivity contribution in [1.29, 1.82) is 0 Å². The predicted molar refractivity (Wildman–Crippen MR) is 96.2 cm³/mol. The fraction of sp³-hybridized carbons (Fsp3) is 0.550. The molecule has 5 heteroatoms. The van der Waals surface area contributed by atoms with Gasteiger partial charge in [-0.1, -0.05) is 31.4 Å². The summed E-state index contributed by atoms with van der Waals surface area (Å²) in [5, 5.41) is 4.11. The first-order valence-corrected chi connectivity index (χ1v) is 9.45. The van der Waals surface area contributed by atoms with Gasteiger partial charge in [0.1, 0.15) is 12.7 Å². The van der Waals surface area contributed by atoms with Gasteiger partial charge in [0.25, 0.3) is 5.91 Å². The quantitative estimate of drug-likeness (QED) is 0.860. The van der Waals surface area contributed by atoms with Crippen LogP contribution in [0.4, 0.5) is 0 Å². The number of likely N-dealkylation sites (tertiary alicyclic amines) is 1. The molecule has 0 atom stereocenters. The van der Waals surface area contributed by atoms with Gasteiger partial charge in [0, 0.05) is 18.7 Å². The zero-order valence-corrected chi connectivity index (χ0v) is 14.7. The molecule has 1 saturated heterocycles. The van der Waals surface area contributed by atoms with Crippen LogP contribution >= 0.6 is 0 Å². The molecule has 25 heavy (non-hydrogen) atoms. The third-order valence-electron chi connectivity index (χ3n) is 6.04. The number of amides is 1. The summed E-state index contributed by atoms with van der Waals surface area (Å²) in [6, 6.07) is 7.92. The van der Waals surface area contributed by atoms with E-state index in [2.05, 4.69) is 10.1 Å². The van der Waals surface area contributed by atoms with Gasteiger partial charge in [-0.3, -0.25) is 4.79 Å². The van der Waals surface area contributed by atoms with Crippen LogP contribution in [0.3, 0.4) is 0 Å². The Morgan fingerprint density at radius 2 is 1.72 bits per heavy atom. The molecule has 1 spiro atoms. The summed E-state index contributed by atoms with van der Waals surface area (Å²) in [4.78, 5) is 18.8. The summed E-state index contributed by atoms with van der Waals surface area (Å²) in [5.41, 5.74) is 2.46. The van der Waals surface area contributed by atoms with Gasteiger partial charge in [-0.25, -0.2) is 9.67 Å². The number of aromatic nitrogens is 3. The maximum absolute atomic E-state index is 12.8. The Labute approximate surface area is 149 Å². The molecule has 0 bridgehead atoms. The van der Waals surface area contributed by atoms with Crippen molar-refractivity contribution in [3.63, 3.8) is 0 Å². The van der Waals surface area contributed by atoms with Crippen LogP contribution in [-0.4, -0.2) is 38.7 Å². The Balaban J connectivity index is 1.36. The summed E-state index contributed by atoms with van der Waals surface area (Å²) in [7, 11) is 0. The first-order valence-electron chi connectivity index (χ1n) is 9.45. The Bertz CT molecular complexity index is 692. The molecule has 1 saturated carbocycles. The third kappa shape index (κ3) is 3.60. The van der Waals surface area contributed by atoms with E-state index in [1.165, 1.54) is 51.3 Å². The second-order valence-corrected chi connectivity index (χ2v) is 7.64. The van der Waals surface area contributed by atoms with Crippen LogP contribution in [0.15, 0.2) is 36.9 Å². The molecule has 0 radical (unpaired) electrons. The van der Waals surface area contributed by atoms with E-state index in [1.807, 2.05) is 29.2 Å². The number of nitrogens with zero attached hydrogens (tertiary/aromatic N) is 4. The van der Waals surface area contributed by atoms with E-state index < -0.39 is 0 Å². The van der Waals surface area contributed by atoms with Crippen molar-refractivity contribution in [3.8, 4) is 0 Å². The Morgan fingerprint density at radius 3 is 2.36 bits per heavy atom. The van der Waals surface area contributed by atoms with Crippen molar-refractivity contribution in [3.05, 3.63) is 48.0 Å². The lowest BCUT2D eigenvalue weighted by atomic mass is 9.68. The molecule has 4 rings (SSSR count). The second kappa shape index (κ2) is 6.98. The topological polar surface area (TPSA) is 51.0 Å². The smallest absolute Gasteiger partial charge is 0.253 e. The highest BCUT2D eigenvalue weighted by atomic mass is 16.2. The van der Waals surface area contributed by atoms with Crippen LogP contribution in [0.2, 0.25) is 0 Å². The molecular formula is C20H26N4O. The van der Waals surface area contributed by atoms with Crippen molar-refractivity contribution >= 4 is 5.91 Å². The average molecular weight is 338 g/mol. The minimum atomic E-state index is 0.179. The standard InChI is InChI=1S/C20H26N4O/c25-19(23-12-10-20(11-13-23)8-2-1-3-9-20)18-6-4-17(5-7-18)14-24-16-21-15-22-24/h4-7,15-16H,1-3,8-14H2. The maximum Gasteiger partial charge on any atom is 0.253 e. The lowest BCUT2D eigenvalue weighted by Gasteiger charge is -2.44. The highest BCUT2D eigenvalue weighted by molar-refractivity contribution is 5.94. The first-order chi connectivity index (χ1) is 12.2.